The average molecular weight is 275 g/mol. The van der Waals surface area contributed by atoms with Gasteiger partial charge in [0.25, 0.3) is 0 Å². The normalized spacial score (nSPS) is 28.1. The summed E-state index contributed by atoms with van der Waals surface area (Å²) in [5.74, 6) is 0. The number of benzene rings is 1. The molecular formula is C15H23N4O+. The van der Waals surface area contributed by atoms with Crippen LogP contribution in [-0.4, -0.2) is 61.7 Å². The molecule has 0 atom stereocenters. The van der Waals surface area contributed by atoms with Crippen LogP contribution in [0.2, 0.25) is 0 Å². The molecule has 3 heterocycles. The quantitative estimate of drug-likeness (QED) is 0.811. The largest absolute Gasteiger partial charge is 0.341 e. The molecule has 2 N–H and O–H groups in total. The van der Waals surface area contributed by atoms with Crippen molar-refractivity contribution in [1.82, 2.24) is 10.2 Å². The smallest absolute Gasteiger partial charge is 0.318 e. The van der Waals surface area contributed by atoms with E-state index in [0.29, 0.717) is 0 Å². The highest BCUT2D eigenvalue weighted by atomic mass is 16.2. The predicted octanol–water partition coefficient (Wildman–Crippen LogP) is 1.08. The molecule has 0 aromatic heterocycles. The van der Waals surface area contributed by atoms with Crippen LogP contribution in [0.4, 0.5) is 10.5 Å². The molecule has 20 heavy (non-hydrogen) atoms. The van der Waals surface area contributed by atoms with Gasteiger partial charge in [-0.2, -0.15) is 0 Å². The van der Waals surface area contributed by atoms with E-state index in [1.807, 2.05) is 12.1 Å². The Kier molecular flexibility index (Phi) is 3.63. The first-order valence-electron chi connectivity index (χ1n) is 7.34. The van der Waals surface area contributed by atoms with Gasteiger partial charge in [0, 0.05) is 37.9 Å². The van der Waals surface area contributed by atoms with E-state index in [9.17, 15) is 4.79 Å². The summed E-state index contributed by atoms with van der Waals surface area (Å²) in [6, 6.07) is 8.07. The Hall–Kier alpha value is -1.59. The molecule has 3 aliphatic rings. The van der Waals surface area contributed by atoms with E-state index < -0.39 is 0 Å². The van der Waals surface area contributed by atoms with E-state index in [4.69, 9.17) is 0 Å². The summed E-state index contributed by atoms with van der Waals surface area (Å²) in [6.07, 6.45) is 0. The number of hydrogen-bond donors (Lipinski definition) is 2. The number of carbonyl (C=O) groups is 1. The number of quaternary nitrogens is 1. The Balaban J connectivity index is 1.70. The lowest BCUT2D eigenvalue weighted by atomic mass is 10.1. The second-order valence-corrected chi connectivity index (χ2v) is 5.92. The van der Waals surface area contributed by atoms with Crippen LogP contribution < -0.4 is 10.6 Å². The minimum absolute atomic E-state index is 0.166. The number of urea groups is 1. The van der Waals surface area contributed by atoms with E-state index in [0.717, 1.165) is 12.2 Å². The lowest BCUT2D eigenvalue weighted by Crippen LogP contribution is -2.66. The maximum atomic E-state index is 11.4. The summed E-state index contributed by atoms with van der Waals surface area (Å²) < 4.78 is 1.21. The number of anilines is 1. The maximum absolute atomic E-state index is 11.4. The van der Waals surface area contributed by atoms with Gasteiger partial charge in [-0.15, -0.1) is 0 Å². The summed E-state index contributed by atoms with van der Waals surface area (Å²) in [5.41, 5.74) is 2.19. The molecule has 3 fully saturated rings. The Bertz CT molecular complexity index is 481. The van der Waals surface area contributed by atoms with Crippen molar-refractivity contribution in [3.63, 3.8) is 0 Å². The highest BCUT2D eigenvalue weighted by molar-refractivity contribution is 5.89. The van der Waals surface area contributed by atoms with Crippen LogP contribution in [0.15, 0.2) is 24.3 Å². The zero-order valence-electron chi connectivity index (χ0n) is 12.1. The van der Waals surface area contributed by atoms with Crippen molar-refractivity contribution in [3.05, 3.63) is 29.8 Å². The van der Waals surface area contributed by atoms with Crippen LogP contribution >= 0.6 is 0 Å². The highest BCUT2D eigenvalue weighted by Gasteiger charge is 2.38. The minimum atomic E-state index is -0.166. The molecule has 2 bridgehead atoms. The van der Waals surface area contributed by atoms with Crippen molar-refractivity contribution < 1.29 is 9.28 Å². The van der Waals surface area contributed by atoms with Crippen molar-refractivity contribution in [1.29, 1.82) is 0 Å². The Morgan fingerprint density at radius 3 is 2.60 bits per heavy atom. The van der Waals surface area contributed by atoms with Gasteiger partial charge in [0.2, 0.25) is 0 Å². The van der Waals surface area contributed by atoms with Gasteiger partial charge in [-0.1, -0.05) is 12.1 Å². The third kappa shape index (κ3) is 2.78. The molecule has 0 aliphatic carbocycles. The fourth-order valence-corrected chi connectivity index (χ4v) is 3.30. The number of nitrogens with zero attached hydrogens (tertiary/aromatic N) is 2. The number of amides is 2. The summed E-state index contributed by atoms with van der Waals surface area (Å²) in [4.78, 5) is 13.9. The second kappa shape index (κ2) is 5.42. The molecule has 0 unspecified atom stereocenters. The van der Waals surface area contributed by atoms with Crippen LogP contribution in [0.25, 0.3) is 0 Å². The van der Waals surface area contributed by atoms with E-state index in [1.54, 1.807) is 7.05 Å². The predicted molar refractivity (Wildman–Crippen MR) is 79.5 cm³/mol. The SMILES string of the molecule is CNC(=O)Nc1cccc(C[N+]23CCN(CC2)CC3)c1. The van der Waals surface area contributed by atoms with Crippen molar-refractivity contribution in [2.75, 3.05) is 51.6 Å². The van der Waals surface area contributed by atoms with Gasteiger partial charge < -0.3 is 15.1 Å². The van der Waals surface area contributed by atoms with Crippen molar-refractivity contribution in [2.45, 2.75) is 6.54 Å². The molecule has 2 amide bonds. The van der Waals surface area contributed by atoms with Crippen LogP contribution in [0.5, 0.6) is 0 Å². The number of piperazine rings is 3. The number of rotatable bonds is 3. The van der Waals surface area contributed by atoms with Crippen LogP contribution in [0.1, 0.15) is 5.56 Å². The van der Waals surface area contributed by atoms with E-state index in [1.165, 1.54) is 49.3 Å². The van der Waals surface area contributed by atoms with Crippen LogP contribution in [0.3, 0.4) is 0 Å². The number of carbonyl (C=O) groups excluding carboxylic acids is 1. The first-order chi connectivity index (χ1) is 9.69. The molecular weight excluding hydrogens is 252 g/mol. The van der Waals surface area contributed by atoms with E-state index in [2.05, 4.69) is 27.7 Å². The highest BCUT2D eigenvalue weighted by Crippen LogP contribution is 2.24. The molecule has 1 aromatic rings. The van der Waals surface area contributed by atoms with Crippen LogP contribution in [0, 0.1) is 0 Å². The van der Waals surface area contributed by atoms with Gasteiger partial charge in [-0.3, -0.25) is 4.90 Å². The Morgan fingerprint density at radius 1 is 1.25 bits per heavy atom. The van der Waals surface area contributed by atoms with Gasteiger partial charge >= 0.3 is 6.03 Å². The zero-order valence-corrected chi connectivity index (χ0v) is 12.1. The molecule has 3 saturated heterocycles. The molecule has 0 spiro atoms. The van der Waals surface area contributed by atoms with E-state index in [-0.39, 0.29) is 6.03 Å². The number of nitrogens with one attached hydrogen (secondary N) is 2. The third-order valence-corrected chi connectivity index (χ3v) is 4.60. The van der Waals surface area contributed by atoms with Gasteiger partial charge in [0.15, 0.2) is 0 Å². The fourth-order valence-electron chi connectivity index (χ4n) is 3.30. The first-order valence-corrected chi connectivity index (χ1v) is 7.34. The van der Waals surface area contributed by atoms with Crippen LogP contribution in [-0.2, 0) is 6.54 Å². The van der Waals surface area contributed by atoms with Crippen molar-refractivity contribution in [2.24, 2.45) is 0 Å². The average Bonchev–Trinajstić information content (AvgIpc) is 2.49. The molecule has 4 rings (SSSR count). The molecule has 5 nitrogen and oxygen atoms in total. The molecule has 1 aromatic carbocycles. The minimum Gasteiger partial charge on any atom is -0.341 e. The first kappa shape index (κ1) is 13.4. The third-order valence-electron chi connectivity index (χ3n) is 4.60. The summed E-state index contributed by atoms with van der Waals surface area (Å²) >= 11 is 0. The molecule has 3 aliphatic heterocycles. The fraction of sp³-hybridized carbons (Fsp3) is 0.533. The summed E-state index contributed by atoms with van der Waals surface area (Å²) in [5, 5.41) is 5.42. The van der Waals surface area contributed by atoms with Crippen molar-refractivity contribution >= 4 is 11.7 Å². The number of fused-ring (bicyclic) bond motifs is 3. The van der Waals surface area contributed by atoms with Gasteiger partial charge in [0.1, 0.15) is 6.54 Å². The van der Waals surface area contributed by atoms with Gasteiger partial charge in [-0.25, -0.2) is 4.79 Å². The lowest BCUT2D eigenvalue weighted by Gasteiger charge is -2.50. The topological polar surface area (TPSA) is 44.4 Å². The molecule has 5 heteroatoms. The van der Waals surface area contributed by atoms with E-state index >= 15 is 0 Å². The Labute approximate surface area is 120 Å². The Morgan fingerprint density at radius 2 is 1.95 bits per heavy atom. The number of hydrogen-bond acceptors (Lipinski definition) is 2. The molecule has 0 saturated carbocycles. The molecule has 0 radical (unpaired) electrons. The standard InChI is InChI=1S/C15H22N4O/c1-16-15(20)17-14-4-2-3-13(11-14)12-19-8-5-18(6-9-19)7-10-19/h2-4,11H,5-10,12H2,1H3,(H-,16,17,20)/p+1. The molecule has 108 valence electrons. The van der Waals surface area contributed by atoms with Crippen molar-refractivity contribution in [3.8, 4) is 0 Å². The zero-order chi connectivity index (χ0) is 14.0. The monoisotopic (exact) mass is 275 g/mol. The summed E-state index contributed by atoms with van der Waals surface area (Å²) in [7, 11) is 1.63. The lowest BCUT2D eigenvalue weighted by molar-refractivity contribution is -0.953. The second-order valence-electron chi connectivity index (χ2n) is 5.92. The maximum Gasteiger partial charge on any atom is 0.318 e. The summed E-state index contributed by atoms with van der Waals surface area (Å²) in [6.45, 7) is 8.55. The van der Waals surface area contributed by atoms with Gasteiger partial charge in [-0.05, 0) is 12.1 Å². The van der Waals surface area contributed by atoms with Gasteiger partial charge in [0.05, 0.1) is 19.6 Å².